The largest absolute Gasteiger partial charge is 0.393 e. The number of aliphatic hydroxyl groups is 2. The van der Waals surface area contributed by atoms with Gasteiger partial charge in [-0.05, 0) is 0 Å². The number of aldehydes is 1. The summed E-state index contributed by atoms with van der Waals surface area (Å²) >= 11 is 0. The van der Waals surface area contributed by atoms with Gasteiger partial charge in [0.15, 0.2) is 6.29 Å². The maximum atomic E-state index is 9.50. The van der Waals surface area contributed by atoms with Gasteiger partial charge in [0.1, 0.15) is 6.10 Å². The summed E-state index contributed by atoms with van der Waals surface area (Å²) in [5.41, 5.74) is 0. The van der Waals surface area contributed by atoms with Crippen molar-refractivity contribution in [3.05, 3.63) is 0 Å². The van der Waals surface area contributed by atoms with E-state index in [0.29, 0.717) is 0 Å². The molecule has 0 fully saturated rings. The van der Waals surface area contributed by atoms with Gasteiger partial charge in [-0.2, -0.15) is 0 Å². The summed E-state index contributed by atoms with van der Waals surface area (Å²) in [5, 5.41) is 16.3. The Morgan fingerprint density at radius 1 is 2.17 bits per heavy atom. The van der Waals surface area contributed by atoms with E-state index >= 15 is 0 Å². The highest BCUT2D eigenvalue weighted by Gasteiger charge is 1.92. The van der Waals surface area contributed by atoms with Crippen molar-refractivity contribution in [1.82, 2.24) is 0 Å². The van der Waals surface area contributed by atoms with Gasteiger partial charge in [0.05, 0.1) is 9.30 Å². The van der Waals surface area contributed by atoms with E-state index in [4.69, 9.17) is 13.0 Å². The first-order valence-corrected chi connectivity index (χ1v) is 1.34. The zero-order chi connectivity index (χ0) is 6.78. The minimum atomic E-state index is -2.80. The van der Waals surface area contributed by atoms with Crippen LogP contribution in [0.3, 0.4) is 0 Å². The first-order valence-electron chi connectivity index (χ1n) is 2.34. The third-order valence-corrected chi connectivity index (χ3v) is 0.261. The Kier molecular flexibility index (Phi) is 1.27. The molecule has 0 aromatic rings. The van der Waals surface area contributed by atoms with Gasteiger partial charge < -0.3 is 15.0 Å². The zero-order valence-corrected chi connectivity index (χ0v) is 2.96. The van der Waals surface area contributed by atoms with Crippen LogP contribution in [0.1, 0.15) is 2.74 Å². The van der Waals surface area contributed by atoms with Crippen LogP contribution in [-0.4, -0.2) is 29.2 Å². The van der Waals surface area contributed by atoms with Crippen molar-refractivity contribution >= 4 is 6.29 Å². The second-order valence-corrected chi connectivity index (χ2v) is 0.710. The molecule has 0 bridgehead atoms. The fourth-order valence-corrected chi connectivity index (χ4v) is 0.0304. The third-order valence-electron chi connectivity index (χ3n) is 0.261. The standard InChI is InChI=1S/C3H6O3/c4-1-3(6)2-5/h1,3,5-6H,2H2/t3-/m0/s1/i2D2. The van der Waals surface area contributed by atoms with Gasteiger partial charge in [-0.3, -0.25) is 0 Å². The lowest BCUT2D eigenvalue weighted by atomic mass is 10.4. The molecule has 0 aliphatic heterocycles. The van der Waals surface area contributed by atoms with Crippen LogP contribution in [0.25, 0.3) is 0 Å². The molecule has 0 amide bonds. The number of aliphatic hydroxyl groups excluding tert-OH is 1. The van der Waals surface area contributed by atoms with Crippen LogP contribution in [0.5, 0.6) is 0 Å². The molecular formula is C3H6O3. The van der Waals surface area contributed by atoms with Crippen molar-refractivity contribution in [3.8, 4) is 0 Å². The molecule has 0 aliphatic carbocycles. The number of carbonyl (C=O) groups is 1. The van der Waals surface area contributed by atoms with E-state index < -0.39 is 12.7 Å². The van der Waals surface area contributed by atoms with Gasteiger partial charge in [-0.25, -0.2) is 0 Å². The van der Waals surface area contributed by atoms with E-state index in [2.05, 4.69) is 0 Å². The van der Waals surface area contributed by atoms with Gasteiger partial charge in [0.25, 0.3) is 0 Å². The third kappa shape index (κ3) is 1.87. The molecule has 0 saturated carbocycles. The van der Waals surface area contributed by atoms with Gasteiger partial charge in [0, 0.05) is 0 Å². The van der Waals surface area contributed by atoms with Gasteiger partial charge in [-0.1, -0.05) is 0 Å². The Balaban J connectivity index is 3.80. The molecular weight excluding hydrogens is 84.0 g/mol. The lowest BCUT2D eigenvalue weighted by Crippen LogP contribution is -2.12. The molecule has 0 radical (unpaired) electrons. The summed E-state index contributed by atoms with van der Waals surface area (Å²) in [5.74, 6) is 0. The molecule has 6 heavy (non-hydrogen) atoms. The quantitative estimate of drug-likeness (QED) is 0.409. The molecule has 2 N–H and O–H groups in total. The highest BCUT2D eigenvalue weighted by molar-refractivity contribution is 5.55. The van der Waals surface area contributed by atoms with Crippen LogP contribution >= 0.6 is 0 Å². The molecule has 1 atom stereocenters. The van der Waals surface area contributed by atoms with Gasteiger partial charge in [0.2, 0.25) is 0 Å². The Morgan fingerprint density at radius 2 is 2.67 bits per heavy atom. The summed E-state index contributed by atoms with van der Waals surface area (Å²) < 4.78 is 12.6. The molecule has 0 spiro atoms. The summed E-state index contributed by atoms with van der Waals surface area (Å²) in [6.07, 6.45) is -2.01. The Bertz CT molecular complexity index is 87.0. The second kappa shape index (κ2) is 2.81. The highest BCUT2D eigenvalue weighted by Crippen LogP contribution is 1.66. The van der Waals surface area contributed by atoms with E-state index in [1.807, 2.05) is 0 Å². The SMILES string of the molecule is [2H]C([2H])(O)[C@@H](O)C=O. The highest BCUT2D eigenvalue weighted by atomic mass is 16.3. The average Bonchev–Trinajstić information content (AvgIpc) is 1.62. The van der Waals surface area contributed by atoms with Crippen molar-refractivity contribution in [2.24, 2.45) is 0 Å². The predicted molar refractivity (Wildman–Crippen MR) is 19.2 cm³/mol. The monoisotopic (exact) mass is 92.0 g/mol. The average molecular weight is 92.1 g/mol. The van der Waals surface area contributed by atoms with E-state index in [9.17, 15) is 4.79 Å². The Labute approximate surface area is 38.0 Å². The summed E-state index contributed by atoms with van der Waals surface area (Å²) in [6.45, 7) is -2.80. The normalized spacial score (nSPS) is 21.0. The minimum Gasteiger partial charge on any atom is -0.393 e. The lowest BCUT2D eigenvalue weighted by molar-refractivity contribution is -0.116. The lowest BCUT2D eigenvalue weighted by Gasteiger charge is -1.89. The van der Waals surface area contributed by atoms with Crippen LogP contribution in [0, 0.1) is 0 Å². The van der Waals surface area contributed by atoms with Gasteiger partial charge in [-0.15, -0.1) is 0 Å². The molecule has 3 nitrogen and oxygen atoms in total. The fraction of sp³-hybridized carbons (Fsp3) is 0.667. The number of carbonyl (C=O) groups excluding carboxylic acids is 1. The van der Waals surface area contributed by atoms with E-state index in [-0.39, 0.29) is 6.29 Å². The van der Waals surface area contributed by atoms with Gasteiger partial charge >= 0.3 is 0 Å². The van der Waals surface area contributed by atoms with Crippen LogP contribution in [0.15, 0.2) is 0 Å². The van der Waals surface area contributed by atoms with Crippen LogP contribution in [-0.2, 0) is 4.79 Å². The number of rotatable bonds is 2. The van der Waals surface area contributed by atoms with Crippen molar-refractivity contribution in [1.29, 1.82) is 0 Å². The number of hydrogen-bond acceptors (Lipinski definition) is 3. The van der Waals surface area contributed by atoms with Crippen molar-refractivity contribution in [2.75, 3.05) is 6.56 Å². The Morgan fingerprint density at radius 3 is 2.67 bits per heavy atom. The predicted octanol–water partition coefficient (Wildman–Crippen LogP) is -1.46. The van der Waals surface area contributed by atoms with Crippen molar-refractivity contribution < 1.29 is 17.7 Å². The summed E-state index contributed by atoms with van der Waals surface area (Å²) in [4.78, 5) is 9.50. The van der Waals surface area contributed by atoms with E-state index in [0.717, 1.165) is 0 Å². The van der Waals surface area contributed by atoms with E-state index in [1.165, 1.54) is 0 Å². The molecule has 3 heteroatoms. The van der Waals surface area contributed by atoms with E-state index in [1.54, 1.807) is 0 Å². The first-order chi connectivity index (χ1) is 3.48. The summed E-state index contributed by atoms with van der Waals surface area (Å²) in [7, 11) is 0. The molecule has 0 unspecified atom stereocenters. The molecule has 0 aliphatic rings. The molecule has 0 aromatic carbocycles. The molecule has 0 saturated heterocycles. The topological polar surface area (TPSA) is 57.5 Å². The van der Waals surface area contributed by atoms with Crippen molar-refractivity contribution in [2.45, 2.75) is 6.10 Å². The maximum Gasteiger partial charge on any atom is 0.150 e. The maximum absolute atomic E-state index is 9.50. The van der Waals surface area contributed by atoms with Crippen LogP contribution in [0.2, 0.25) is 0 Å². The second-order valence-electron chi connectivity index (χ2n) is 0.710. The number of hydrogen-bond donors (Lipinski definition) is 2. The van der Waals surface area contributed by atoms with Crippen LogP contribution < -0.4 is 0 Å². The summed E-state index contributed by atoms with van der Waals surface area (Å²) in [6, 6.07) is 0. The molecule has 0 rings (SSSR count). The first kappa shape index (κ1) is 2.71. The molecule has 36 valence electrons. The molecule has 0 heterocycles. The smallest absolute Gasteiger partial charge is 0.150 e. The van der Waals surface area contributed by atoms with Crippen LogP contribution in [0.4, 0.5) is 0 Å². The minimum absolute atomic E-state index is 0.0694. The zero-order valence-electron chi connectivity index (χ0n) is 4.96. The van der Waals surface area contributed by atoms with Crippen molar-refractivity contribution in [3.63, 3.8) is 0 Å². The molecule has 0 aromatic heterocycles. The Hall–Kier alpha value is -0.410. The fourth-order valence-electron chi connectivity index (χ4n) is 0.0304.